The normalized spacial score (nSPS) is 11.5. The number of amides is 1. The molecule has 0 saturated heterocycles. The van der Waals surface area contributed by atoms with Gasteiger partial charge in [-0.2, -0.15) is 0 Å². The second-order valence-electron chi connectivity index (χ2n) is 4.04. The van der Waals surface area contributed by atoms with Crippen molar-refractivity contribution in [1.29, 1.82) is 0 Å². The highest BCUT2D eigenvalue weighted by Gasteiger charge is 2.22. The van der Waals surface area contributed by atoms with Crippen molar-refractivity contribution in [2.45, 2.75) is 31.0 Å². The van der Waals surface area contributed by atoms with E-state index in [1.54, 1.807) is 7.11 Å². The molecule has 0 rings (SSSR count). The van der Waals surface area contributed by atoms with Gasteiger partial charge in [-0.05, 0) is 26.7 Å². The maximum atomic E-state index is 11.4. The van der Waals surface area contributed by atoms with E-state index >= 15 is 0 Å². The molecule has 0 radical (unpaired) electrons. The molecule has 0 aromatic heterocycles. The average molecular weight is 296 g/mol. The Morgan fingerprint density at radius 3 is 2.50 bits per heavy atom. The Labute approximate surface area is 106 Å². The molecule has 1 amide bonds. The lowest BCUT2D eigenvalue weighted by Gasteiger charge is -2.15. The first-order chi connectivity index (χ1) is 7.48. The van der Waals surface area contributed by atoms with Crippen molar-refractivity contribution in [1.82, 2.24) is 5.32 Å². The summed E-state index contributed by atoms with van der Waals surface area (Å²) in [4.78, 5) is 11.4. The number of unbranched alkanes of at least 4 members (excludes halogenated alkanes) is 1. The lowest BCUT2D eigenvalue weighted by Crippen LogP contribution is -2.38. The minimum absolute atomic E-state index is 0.0211. The summed E-state index contributed by atoms with van der Waals surface area (Å²) < 4.78 is 9.67. The van der Waals surface area contributed by atoms with E-state index in [1.807, 2.05) is 13.8 Å². The van der Waals surface area contributed by atoms with Crippen LogP contribution in [0, 0.1) is 0 Å². The second-order valence-corrected chi connectivity index (χ2v) is 6.02. The Bertz CT molecular complexity index is 192. The van der Waals surface area contributed by atoms with Crippen LogP contribution in [-0.2, 0) is 14.3 Å². The molecule has 0 atom stereocenters. The average Bonchev–Trinajstić information content (AvgIpc) is 2.20. The van der Waals surface area contributed by atoms with Crippen molar-refractivity contribution in [2.75, 3.05) is 33.5 Å². The van der Waals surface area contributed by atoms with Crippen molar-refractivity contribution >= 4 is 21.8 Å². The van der Waals surface area contributed by atoms with Gasteiger partial charge in [-0.15, -0.1) is 0 Å². The summed E-state index contributed by atoms with van der Waals surface area (Å²) in [5.74, 6) is 0.0211. The molecular weight excluding hydrogens is 274 g/mol. The summed E-state index contributed by atoms with van der Waals surface area (Å²) in [5, 5.41) is 2.86. The number of rotatable bonds is 9. The van der Waals surface area contributed by atoms with E-state index in [0.717, 1.165) is 19.4 Å². The van der Waals surface area contributed by atoms with E-state index in [1.165, 1.54) is 0 Å². The van der Waals surface area contributed by atoms with Crippen molar-refractivity contribution in [3.8, 4) is 0 Å². The van der Waals surface area contributed by atoms with E-state index in [2.05, 4.69) is 21.2 Å². The Hall–Kier alpha value is -0.130. The molecule has 0 saturated carbocycles. The highest BCUT2D eigenvalue weighted by atomic mass is 79.9. The van der Waals surface area contributed by atoms with Gasteiger partial charge in [0.2, 0.25) is 5.91 Å². The van der Waals surface area contributed by atoms with Gasteiger partial charge in [-0.25, -0.2) is 0 Å². The number of hydrogen-bond acceptors (Lipinski definition) is 3. The summed E-state index contributed by atoms with van der Waals surface area (Å²) in [7, 11) is 1.65. The summed E-state index contributed by atoms with van der Waals surface area (Å²) in [6, 6.07) is 0. The van der Waals surface area contributed by atoms with Crippen molar-refractivity contribution in [2.24, 2.45) is 0 Å². The quantitative estimate of drug-likeness (QED) is 0.520. The molecule has 96 valence electrons. The molecule has 4 nitrogen and oxygen atoms in total. The molecular formula is C11H22BrNO3. The van der Waals surface area contributed by atoms with Crippen molar-refractivity contribution in [3.63, 3.8) is 0 Å². The molecule has 0 aromatic rings. The zero-order chi connectivity index (χ0) is 12.4. The van der Waals surface area contributed by atoms with Gasteiger partial charge in [0.1, 0.15) is 0 Å². The number of alkyl halides is 1. The van der Waals surface area contributed by atoms with Gasteiger partial charge in [-0.3, -0.25) is 4.79 Å². The van der Waals surface area contributed by atoms with Gasteiger partial charge in [0.25, 0.3) is 0 Å². The smallest absolute Gasteiger partial charge is 0.236 e. The predicted octanol–water partition coefficient (Wildman–Crippen LogP) is 1.72. The van der Waals surface area contributed by atoms with Gasteiger partial charge in [0.15, 0.2) is 0 Å². The number of halogens is 1. The van der Waals surface area contributed by atoms with E-state index in [-0.39, 0.29) is 5.91 Å². The van der Waals surface area contributed by atoms with Crippen LogP contribution < -0.4 is 5.32 Å². The van der Waals surface area contributed by atoms with Crippen LogP contribution in [-0.4, -0.2) is 43.7 Å². The Kier molecular flexibility index (Phi) is 8.89. The molecule has 0 aromatic carbocycles. The van der Waals surface area contributed by atoms with Gasteiger partial charge >= 0.3 is 0 Å². The third-order valence-electron chi connectivity index (χ3n) is 1.97. The predicted molar refractivity (Wildman–Crippen MR) is 67.9 cm³/mol. The zero-order valence-electron chi connectivity index (χ0n) is 10.3. The van der Waals surface area contributed by atoms with Crippen molar-refractivity contribution < 1.29 is 14.3 Å². The molecule has 0 spiro atoms. The minimum atomic E-state index is -0.484. The molecule has 0 unspecified atom stereocenters. The van der Waals surface area contributed by atoms with E-state index < -0.39 is 4.32 Å². The van der Waals surface area contributed by atoms with Crippen LogP contribution in [0.5, 0.6) is 0 Å². The van der Waals surface area contributed by atoms with Crippen LogP contribution in [0.3, 0.4) is 0 Å². The van der Waals surface area contributed by atoms with Crippen LogP contribution in [0.4, 0.5) is 0 Å². The van der Waals surface area contributed by atoms with Crippen LogP contribution in [0.15, 0.2) is 0 Å². The lowest BCUT2D eigenvalue weighted by atomic mass is 10.2. The van der Waals surface area contributed by atoms with Gasteiger partial charge in [0, 0.05) is 20.3 Å². The first kappa shape index (κ1) is 15.9. The number of ether oxygens (including phenoxy) is 2. The van der Waals surface area contributed by atoms with Crippen LogP contribution in [0.25, 0.3) is 0 Å². The monoisotopic (exact) mass is 295 g/mol. The molecule has 0 aliphatic carbocycles. The highest BCUT2D eigenvalue weighted by molar-refractivity contribution is 9.10. The van der Waals surface area contributed by atoms with Crippen LogP contribution in [0.1, 0.15) is 26.7 Å². The van der Waals surface area contributed by atoms with Crippen LogP contribution >= 0.6 is 15.9 Å². The second kappa shape index (κ2) is 8.96. The standard InChI is InChI=1S/C11H22BrNO3/c1-11(2,12)10(14)13-6-4-5-7-16-9-8-15-3/h4-9H2,1-3H3,(H,13,14). The largest absolute Gasteiger partial charge is 0.382 e. The SMILES string of the molecule is COCCOCCCCNC(=O)C(C)(C)Br. The first-order valence-corrected chi connectivity index (χ1v) is 6.31. The van der Waals surface area contributed by atoms with E-state index in [9.17, 15) is 4.79 Å². The number of hydrogen-bond donors (Lipinski definition) is 1. The number of carbonyl (C=O) groups excluding carboxylic acids is 1. The molecule has 0 fully saturated rings. The number of nitrogens with one attached hydrogen (secondary N) is 1. The maximum Gasteiger partial charge on any atom is 0.236 e. The molecule has 16 heavy (non-hydrogen) atoms. The summed E-state index contributed by atoms with van der Waals surface area (Å²) in [5.41, 5.74) is 0. The van der Waals surface area contributed by atoms with Gasteiger partial charge < -0.3 is 14.8 Å². The topological polar surface area (TPSA) is 47.6 Å². The molecule has 0 bridgehead atoms. The summed E-state index contributed by atoms with van der Waals surface area (Å²) in [6.07, 6.45) is 1.88. The minimum Gasteiger partial charge on any atom is -0.382 e. The molecule has 0 heterocycles. The Morgan fingerprint density at radius 2 is 1.94 bits per heavy atom. The third kappa shape index (κ3) is 9.12. The summed E-state index contributed by atoms with van der Waals surface area (Å²) in [6.45, 7) is 6.34. The van der Waals surface area contributed by atoms with Gasteiger partial charge in [0.05, 0.1) is 17.5 Å². The fourth-order valence-corrected chi connectivity index (χ4v) is 1.13. The van der Waals surface area contributed by atoms with E-state index in [4.69, 9.17) is 9.47 Å². The van der Waals surface area contributed by atoms with Crippen LogP contribution in [0.2, 0.25) is 0 Å². The first-order valence-electron chi connectivity index (χ1n) is 5.52. The Balaban J connectivity index is 3.25. The number of methoxy groups -OCH3 is 1. The maximum absolute atomic E-state index is 11.4. The summed E-state index contributed by atoms with van der Waals surface area (Å²) >= 11 is 3.30. The zero-order valence-corrected chi connectivity index (χ0v) is 11.9. The third-order valence-corrected chi connectivity index (χ3v) is 2.33. The molecule has 5 heteroatoms. The van der Waals surface area contributed by atoms with Crippen molar-refractivity contribution in [3.05, 3.63) is 0 Å². The number of carbonyl (C=O) groups is 1. The fraction of sp³-hybridized carbons (Fsp3) is 0.909. The lowest BCUT2D eigenvalue weighted by molar-refractivity contribution is -0.122. The highest BCUT2D eigenvalue weighted by Crippen LogP contribution is 2.14. The fourth-order valence-electron chi connectivity index (χ4n) is 0.986. The molecule has 1 N–H and O–H groups in total. The molecule has 0 aliphatic rings. The van der Waals surface area contributed by atoms with E-state index in [0.29, 0.717) is 19.8 Å². The molecule has 0 aliphatic heterocycles. The van der Waals surface area contributed by atoms with Gasteiger partial charge in [-0.1, -0.05) is 15.9 Å². The Morgan fingerprint density at radius 1 is 1.25 bits per heavy atom.